The molecular weight excluding hydrogens is 254 g/mol. The molecule has 0 saturated carbocycles. The van der Waals surface area contributed by atoms with Crippen molar-refractivity contribution in [3.05, 3.63) is 0 Å². The van der Waals surface area contributed by atoms with Crippen molar-refractivity contribution in [1.82, 2.24) is 5.06 Å². The van der Waals surface area contributed by atoms with Gasteiger partial charge >= 0.3 is 23.9 Å². The van der Waals surface area contributed by atoms with Gasteiger partial charge in [0, 0.05) is 0 Å². The van der Waals surface area contributed by atoms with E-state index in [-0.39, 0.29) is 5.06 Å². The maximum Gasteiger partial charge on any atom is 0.323 e. The Morgan fingerprint density at radius 1 is 0.778 bits per heavy atom. The topological polar surface area (TPSA) is 173 Å². The molecule has 0 aliphatic rings. The van der Waals surface area contributed by atoms with E-state index in [0.717, 1.165) is 0 Å². The molecule has 0 rings (SSSR count). The highest BCUT2D eigenvalue weighted by molar-refractivity contribution is 5.83. The van der Waals surface area contributed by atoms with Gasteiger partial charge in [0.1, 0.15) is 12.1 Å². The summed E-state index contributed by atoms with van der Waals surface area (Å²) in [5.74, 6) is -6.73. The molecule has 102 valence electrons. The summed E-state index contributed by atoms with van der Waals surface area (Å²) in [4.78, 5) is 42.1. The van der Waals surface area contributed by atoms with E-state index < -0.39 is 48.8 Å². The highest BCUT2D eigenvalue weighted by Gasteiger charge is 2.37. The molecule has 0 aromatic rings. The second-order valence-electron chi connectivity index (χ2n) is 3.28. The van der Waals surface area contributed by atoms with E-state index in [1.807, 2.05) is 0 Å². The molecule has 0 spiro atoms. The zero-order valence-corrected chi connectivity index (χ0v) is 8.89. The summed E-state index contributed by atoms with van der Waals surface area (Å²) in [6, 6.07) is -4.11. The third-order valence-electron chi connectivity index (χ3n) is 1.94. The lowest BCUT2D eigenvalue weighted by Crippen LogP contribution is -2.50. The first-order chi connectivity index (χ1) is 8.16. The van der Waals surface area contributed by atoms with E-state index in [0.29, 0.717) is 0 Å². The fourth-order valence-corrected chi connectivity index (χ4v) is 1.14. The van der Waals surface area contributed by atoms with E-state index in [1.54, 1.807) is 0 Å². The van der Waals surface area contributed by atoms with Crippen LogP contribution in [-0.2, 0) is 19.2 Å². The number of hydrogen-bond acceptors (Lipinski definition) is 6. The van der Waals surface area contributed by atoms with Crippen molar-refractivity contribution in [2.75, 3.05) is 0 Å². The quantitative estimate of drug-likeness (QED) is 0.326. The zero-order chi connectivity index (χ0) is 14.5. The Bertz CT molecular complexity index is 332. The van der Waals surface area contributed by atoms with Gasteiger partial charge in [-0.25, -0.2) is 0 Å². The first-order valence-corrected chi connectivity index (χ1v) is 4.53. The monoisotopic (exact) mass is 265 g/mol. The molecule has 18 heavy (non-hydrogen) atoms. The van der Waals surface area contributed by atoms with Gasteiger partial charge in [0.05, 0.1) is 12.8 Å². The molecular formula is C8H11NO9. The minimum atomic E-state index is -2.05. The maximum atomic E-state index is 10.7. The van der Waals surface area contributed by atoms with Crippen molar-refractivity contribution >= 4 is 23.9 Å². The molecule has 1 unspecified atom stereocenters. The van der Waals surface area contributed by atoms with Crippen LogP contribution < -0.4 is 0 Å². The van der Waals surface area contributed by atoms with E-state index in [4.69, 9.17) is 20.4 Å². The summed E-state index contributed by atoms with van der Waals surface area (Å²) in [5.41, 5.74) is 0. The van der Waals surface area contributed by atoms with Crippen LogP contribution in [0.5, 0.6) is 0 Å². The van der Waals surface area contributed by atoms with E-state index in [9.17, 15) is 24.4 Å². The van der Waals surface area contributed by atoms with Crippen LogP contribution in [0.15, 0.2) is 0 Å². The van der Waals surface area contributed by atoms with Crippen LogP contribution in [-0.4, -0.2) is 66.7 Å². The maximum absolute atomic E-state index is 10.7. The number of hydrogen-bond donors (Lipinski definition) is 5. The summed E-state index contributed by atoms with van der Waals surface area (Å²) in [6.45, 7) is 0. The van der Waals surface area contributed by atoms with Crippen LogP contribution in [0.1, 0.15) is 12.8 Å². The summed E-state index contributed by atoms with van der Waals surface area (Å²) < 4.78 is 0. The minimum Gasteiger partial charge on any atom is -0.481 e. The molecule has 0 heterocycles. The van der Waals surface area contributed by atoms with Crippen LogP contribution in [0.3, 0.4) is 0 Å². The molecule has 0 aliphatic carbocycles. The van der Waals surface area contributed by atoms with Crippen molar-refractivity contribution in [3.8, 4) is 0 Å². The van der Waals surface area contributed by atoms with Crippen LogP contribution in [0.25, 0.3) is 0 Å². The van der Waals surface area contributed by atoms with Gasteiger partial charge in [-0.15, -0.1) is 0 Å². The summed E-state index contributed by atoms with van der Waals surface area (Å²) >= 11 is 0. The summed E-state index contributed by atoms with van der Waals surface area (Å²) in [7, 11) is 0. The SMILES string of the molecule is O=C(O)CC(C(=O)O)N(O)[C@@H](CC(=O)O)C(=O)O. The Morgan fingerprint density at radius 2 is 1.06 bits per heavy atom. The number of carboxylic acid groups (broad SMARTS) is 4. The Hall–Kier alpha value is -2.20. The summed E-state index contributed by atoms with van der Waals surface area (Å²) in [6.07, 6.45) is -2.15. The molecule has 10 heteroatoms. The number of rotatable bonds is 8. The number of carbonyl (C=O) groups is 4. The van der Waals surface area contributed by atoms with Crippen LogP contribution >= 0.6 is 0 Å². The van der Waals surface area contributed by atoms with Gasteiger partial charge in [-0.2, -0.15) is 5.06 Å². The Balaban J connectivity index is 5.05. The van der Waals surface area contributed by atoms with E-state index in [1.165, 1.54) is 0 Å². The fraction of sp³-hybridized carbons (Fsp3) is 0.500. The first kappa shape index (κ1) is 15.8. The Morgan fingerprint density at radius 3 is 1.22 bits per heavy atom. The second kappa shape index (κ2) is 6.51. The van der Waals surface area contributed by atoms with Crippen LogP contribution in [0.2, 0.25) is 0 Å². The fourth-order valence-electron chi connectivity index (χ4n) is 1.14. The lowest BCUT2D eigenvalue weighted by Gasteiger charge is -2.26. The number of aliphatic carboxylic acids is 4. The average molecular weight is 265 g/mol. The Kier molecular flexibility index (Phi) is 5.72. The van der Waals surface area contributed by atoms with Crippen LogP contribution in [0, 0.1) is 0 Å². The lowest BCUT2D eigenvalue weighted by molar-refractivity contribution is -0.199. The number of nitrogens with zero attached hydrogens (tertiary/aromatic N) is 1. The van der Waals surface area contributed by atoms with Gasteiger partial charge in [0.15, 0.2) is 0 Å². The zero-order valence-electron chi connectivity index (χ0n) is 8.89. The summed E-state index contributed by atoms with van der Waals surface area (Å²) in [5, 5.41) is 43.2. The van der Waals surface area contributed by atoms with Crippen molar-refractivity contribution < 1.29 is 44.8 Å². The minimum absolute atomic E-state index is 0.285. The molecule has 0 aliphatic heterocycles. The van der Waals surface area contributed by atoms with Crippen molar-refractivity contribution in [3.63, 3.8) is 0 Å². The smallest absolute Gasteiger partial charge is 0.323 e. The molecule has 10 nitrogen and oxygen atoms in total. The molecule has 0 aromatic heterocycles. The number of hydroxylamine groups is 2. The largest absolute Gasteiger partial charge is 0.481 e. The average Bonchev–Trinajstić information content (AvgIpc) is 2.20. The van der Waals surface area contributed by atoms with Gasteiger partial charge in [0.2, 0.25) is 0 Å². The van der Waals surface area contributed by atoms with Crippen molar-refractivity contribution in [1.29, 1.82) is 0 Å². The van der Waals surface area contributed by atoms with Gasteiger partial charge in [-0.3, -0.25) is 19.2 Å². The predicted molar refractivity (Wildman–Crippen MR) is 51.0 cm³/mol. The molecule has 0 amide bonds. The third kappa shape index (κ3) is 4.76. The van der Waals surface area contributed by atoms with Gasteiger partial charge in [0.25, 0.3) is 0 Å². The van der Waals surface area contributed by atoms with Crippen molar-refractivity contribution in [2.45, 2.75) is 24.9 Å². The second-order valence-corrected chi connectivity index (χ2v) is 3.28. The number of carboxylic acids is 4. The molecule has 0 aromatic carbocycles. The highest BCUT2D eigenvalue weighted by atomic mass is 16.5. The molecule has 0 saturated heterocycles. The van der Waals surface area contributed by atoms with E-state index in [2.05, 4.69) is 0 Å². The van der Waals surface area contributed by atoms with Crippen LogP contribution in [0.4, 0.5) is 0 Å². The van der Waals surface area contributed by atoms with E-state index >= 15 is 0 Å². The lowest BCUT2D eigenvalue weighted by atomic mass is 10.1. The van der Waals surface area contributed by atoms with Gasteiger partial charge in [-0.1, -0.05) is 0 Å². The molecule has 0 bridgehead atoms. The standard InChI is InChI=1S/C8H11NO9/c10-5(11)1-3(7(14)15)9(18)4(8(16)17)2-6(12)13/h3-4,18H,1-2H2,(H,10,11)(H,12,13)(H,14,15)(H,16,17)/t3-,4?/m0/s1. The molecule has 2 atom stereocenters. The molecule has 5 N–H and O–H groups in total. The predicted octanol–water partition coefficient (Wildman–Crippen LogP) is -1.47. The van der Waals surface area contributed by atoms with Crippen molar-refractivity contribution in [2.24, 2.45) is 0 Å². The normalized spacial score (nSPS) is 13.9. The third-order valence-corrected chi connectivity index (χ3v) is 1.94. The molecule has 0 fully saturated rings. The molecule has 0 radical (unpaired) electrons. The highest BCUT2D eigenvalue weighted by Crippen LogP contribution is 2.11. The first-order valence-electron chi connectivity index (χ1n) is 4.53. The Labute approximate surface area is 99.6 Å². The van der Waals surface area contributed by atoms with Gasteiger partial charge < -0.3 is 25.6 Å². The van der Waals surface area contributed by atoms with Gasteiger partial charge in [-0.05, 0) is 0 Å².